The van der Waals surface area contributed by atoms with Crippen LogP contribution in [0.25, 0.3) is 0 Å². The van der Waals surface area contributed by atoms with E-state index in [1.165, 1.54) is 39.3 Å². The highest BCUT2D eigenvalue weighted by atomic mass is 79.9. The van der Waals surface area contributed by atoms with Gasteiger partial charge < -0.3 is 43.1 Å². The third-order valence-corrected chi connectivity index (χ3v) is 1.73. The van der Waals surface area contributed by atoms with E-state index in [1.54, 1.807) is 0 Å². The van der Waals surface area contributed by atoms with Crippen molar-refractivity contribution in [1.29, 1.82) is 0 Å². The maximum atomic E-state index is 8.25. The molecule has 0 heterocycles. The van der Waals surface area contributed by atoms with Crippen LogP contribution >= 0.6 is 0 Å². The zero-order valence-corrected chi connectivity index (χ0v) is 16.8. The first-order chi connectivity index (χ1) is 9.24. The van der Waals surface area contributed by atoms with E-state index in [9.17, 15) is 0 Å². The van der Waals surface area contributed by atoms with Gasteiger partial charge in [-0.3, -0.25) is 0 Å². The molecule has 0 saturated carbocycles. The minimum Gasteiger partial charge on any atom is -1.00 e. The lowest BCUT2D eigenvalue weighted by molar-refractivity contribution is -0.648. The van der Waals surface area contributed by atoms with Crippen molar-refractivity contribution in [3.8, 4) is 0 Å². The summed E-state index contributed by atoms with van der Waals surface area (Å²) in [5.41, 5.74) is 0. The smallest absolute Gasteiger partial charge is 0.0726 e. The Labute approximate surface area is 138 Å². The molecule has 20 heavy (non-hydrogen) atoms. The first-order valence-electron chi connectivity index (χ1n) is 7.51. The molecule has 0 bridgehead atoms. The highest BCUT2D eigenvalue weighted by Crippen LogP contribution is 1.30. The van der Waals surface area contributed by atoms with Crippen LogP contribution in [-0.2, 0) is 0 Å². The van der Waals surface area contributed by atoms with Gasteiger partial charge in [-0.2, -0.15) is 14.2 Å². The van der Waals surface area contributed by atoms with Crippen molar-refractivity contribution in [2.45, 2.75) is 41.5 Å². The summed E-state index contributed by atoms with van der Waals surface area (Å²) in [5.74, 6) is 0. The van der Waals surface area contributed by atoms with Crippen molar-refractivity contribution in [2.75, 3.05) is 53.5 Å². The molecule has 132 valence electrons. The van der Waals surface area contributed by atoms with Crippen LogP contribution in [0, 0.1) is 0 Å². The monoisotopic (exact) mass is 363 g/mol. The number of hydrogen-bond acceptors (Lipinski definition) is 2. The van der Waals surface area contributed by atoms with Crippen LogP contribution in [0.4, 0.5) is 0 Å². The molecule has 0 rings (SSSR count). The second-order valence-corrected chi connectivity index (χ2v) is 3.32. The van der Waals surface area contributed by atoms with Crippen molar-refractivity contribution >= 4 is 0 Å². The van der Waals surface area contributed by atoms with Gasteiger partial charge in [-0.05, 0) is 41.5 Å². The summed E-state index contributed by atoms with van der Waals surface area (Å²) in [4.78, 5) is 0. The standard InChI is InChI=1S/3C4H11N.2CH3O.BrH/c3*1-3-5-4-2;2*1-2;/h3*5H,3-4H2,1-2H3;2*1H3;1H/q;;;2*-1;/p+2. The molecule has 6 heteroatoms. The molecule has 0 aliphatic rings. The Morgan fingerprint density at radius 3 is 0.550 bits per heavy atom. The fraction of sp³-hybridized carbons (Fsp3) is 1.00. The van der Waals surface area contributed by atoms with E-state index in [0.29, 0.717) is 0 Å². The van der Waals surface area contributed by atoms with Crippen LogP contribution in [0.2, 0.25) is 0 Å². The quantitative estimate of drug-likeness (QED) is 0.437. The van der Waals surface area contributed by atoms with Crippen LogP contribution in [0.5, 0.6) is 0 Å². The van der Waals surface area contributed by atoms with Crippen molar-refractivity contribution in [1.82, 2.24) is 0 Å². The first kappa shape index (κ1) is 37.0. The number of hydrogen-bond donors (Lipinski definition) is 3. The average Bonchev–Trinajstić information content (AvgIpc) is 2.47. The molecule has 0 aromatic carbocycles. The van der Waals surface area contributed by atoms with Crippen molar-refractivity contribution in [2.24, 2.45) is 0 Å². The molecule has 0 amide bonds. The minimum atomic E-state index is 0. The fourth-order valence-corrected chi connectivity index (χ4v) is 0.866. The molecule has 0 aliphatic heterocycles. The van der Waals surface area contributed by atoms with E-state index in [0.717, 1.165) is 14.2 Å². The van der Waals surface area contributed by atoms with Gasteiger partial charge in [-0.1, -0.05) is 0 Å². The van der Waals surface area contributed by atoms with Crippen LogP contribution in [-0.4, -0.2) is 53.5 Å². The van der Waals surface area contributed by atoms with E-state index in [4.69, 9.17) is 10.2 Å². The second-order valence-electron chi connectivity index (χ2n) is 3.32. The normalized spacial score (nSPS) is 6.90. The maximum absolute atomic E-state index is 8.25. The molecule has 0 radical (unpaired) electrons. The van der Waals surface area contributed by atoms with E-state index in [2.05, 4.69) is 57.5 Å². The molecule has 0 fully saturated rings. The molecule has 0 saturated heterocycles. The average molecular weight is 364 g/mol. The Morgan fingerprint density at radius 1 is 0.450 bits per heavy atom. The third kappa shape index (κ3) is 138. The summed E-state index contributed by atoms with van der Waals surface area (Å²) < 4.78 is 0. The van der Waals surface area contributed by atoms with Gasteiger partial charge in [0, 0.05) is 0 Å². The van der Waals surface area contributed by atoms with E-state index in [1.807, 2.05) is 0 Å². The lowest BCUT2D eigenvalue weighted by Crippen LogP contribution is -3.00. The SMILES string of the molecule is CC[NH2+]CC.CC[NH2+]CC.CC[NH2+]CC.C[O-].C[O-].[Br-]. The number of rotatable bonds is 6. The van der Waals surface area contributed by atoms with Crippen LogP contribution in [0.1, 0.15) is 41.5 Å². The highest BCUT2D eigenvalue weighted by Gasteiger charge is 1.67. The molecule has 0 aromatic heterocycles. The van der Waals surface area contributed by atoms with Crippen LogP contribution in [0.15, 0.2) is 0 Å². The molecule has 0 spiro atoms. The summed E-state index contributed by atoms with van der Waals surface area (Å²) in [7, 11) is 1.50. The largest absolute Gasteiger partial charge is 1.00 e. The van der Waals surface area contributed by atoms with Gasteiger partial charge in [-0.15, -0.1) is 0 Å². The zero-order chi connectivity index (χ0) is 16.4. The molecule has 0 aromatic rings. The highest BCUT2D eigenvalue weighted by molar-refractivity contribution is 3.96. The number of quaternary nitrogens is 3. The Kier molecular flexibility index (Phi) is 138. The predicted octanol–water partition coefficient (Wildman–Crippen LogP) is -6.27. The zero-order valence-electron chi connectivity index (χ0n) is 15.2. The fourth-order valence-electron chi connectivity index (χ4n) is 0.866. The minimum absolute atomic E-state index is 0. The number of halogens is 1. The summed E-state index contributed by atoms with van der Waals surface area (Å²) in [5, 5.41) is 23.2. The maximum Gasteiger partial charge on any atom is 0.0726 e. The lowest BCUT2D eigenvalue weighted by Gasteiger charge is -1.83. The Hall–Kier alpha value is 0.280. The summed E-state index contributed by atoms with van der Waals surface area (Å²) in [6, 6.07) is 0. The molecule has 5 nitrogen and oxygen atoms in total. The van der Waals surface area contributed by atoms with Crippen molar-refractivity contribution in [3.05, 3.63) is 0 Å². The van der Waals surface area contributed by atoms with Crippen LogP contribution < -0.4 is 43.1 Å². The Bertz CT molecular complexity index is 63.2. The predicted molar refractivity (Wildman–Crippen MR) is 80.9 cm³/mol. The third-order valence-electron chi connectivity index (χ3n) is 1.73. The van der Waals surface area contributed by atoms with E-state index < -0.39 is 0 Å². The summed E-state index contributed by atoms with van der Waals surface area (Å²) >= 11 is 0. The topological polar surface area (TPSA) is 96.0 Å². The Morgan fingerprint density at radius 2 is 0.550 bits per heavy atom. The van der Waals surface area contributed by atoms with Gasteiger partial charge in [0.15, 0.2) is 0 Å². The second kappa shape index (κ2) is 74.8. The van der Waals surface area contributed by atoms with Gasteiger partial charge in [0.1, 0.15) is 0 Å². The molecule has 0 aliphatic carbocycles. The van der Waals surface area contributed by atoms with Gasteiger partial charge in [0.25, 0.3) is 0 Å². The number of nitrogens with two attached hydrogens (primary N) is 3. The summed E-state index contributed by atoms with van der Waals surface area (Å²) in [6.07, 6.45) is 0. The van der Waals surface area contributed by atoms with Gasteiger partial charge in [0.05, 0.1) is 39.3 Å². The van der Waals surface area contributed by atoms with E-state index >= 15 is 0 Å². The molecular formula is C14H42BrN3O2. The van der Waals surface area contributed by atoms with Crippen molar-refractivity contribution < 1.29 is 43.1 Å². The van der Waals surface area contributed by atoms with E-state index in [-0.39, 0.29) is 17.0 Å². The Balaban J connectivity index is -0.0000000319. The molecular weight excluding hydrogens is 322 g/mol. The first-order valence-corrected chi connectivity index (χ1v) is 7.51. The van der Waals surface area contributed by atoms with Crippen molar-refractivity contribution in [3.63, 3.8) is 0 Å². The molecule has 6 N–H and O–H groups in total. The molecule has 0 atom stereocenters. The lowest BCUT2D eigenvalue weighted by atomic mass is 10.7. The summed E-state index contributed by atoms with van der Waals surface area (Å²) in [6.45, 7) is 20.2. The molecule has 0 unspecified atom stereocenters. The van der Waals surface area contributed by atoms with Crippen LogP contribution in [0.3, 0.4) is 0 Å². The van der Waals surface area contributed by atoms with Gasteiger partial charge >= 0.3 is 0 Å². The van der Waals surface area contributed by atoms with Gasteiger partial charge in [-0.25, -0.2) is 0 Å². The van der Waals surface area contributed by atoms with Gasteiger partial charge in [0.2, 0.25) is 0 Å².